The molecule has 0 bridgehead atoms. The first-order valence-electron chi connectivity index (χ1n) is 10.8. The number of benzene rings is 2. The van der Waals surface area contributed by atoms with Gasteiger partial charge in [-0.2, -0.15) is 5.21 Å². The lowest BCUT2D eigenvalue weighted by molar-refractivity contribution is -0.117. The average Bonchev–Trinajstić information content (AvgIpc) is 3.46. The van der Waals surface area contributed by atoms with Gasteiger partial charge in [0.25, 0.3) is 0 Å². The molecule has 0 unspecified atom stereocenters. The number of rotatable bonds is 7. The van der Waals surface area contributed by atoms with E-state index in [1.807, 2.05) is 37.3 Å². The number of halogens is 1. The van der Waals surface area contributed by atoms with Crippen LogP contribution in [0.25, 0.3) is 22.5 Å². The molecule has 0 aliphatic heterocycles. The van der Waals surface area contributed by atoms with E-state index in [1.165, 1.54) is 0 Å². The van der Waals surface area contributed by atoms with Crippen LogP contribution in [0.15, 0.2) is 54.7 Å². The number of tetrazole rings is 1. The van der Waals surface area contributed by atoms with Crippen LogP contribution in [0.4, 0.5) is 5.69 Å². The standard InChI is InChI=1S/C24H21ClN6O3/c1-2-34-22-8-5-14(12-26-22)17-11-21(32)20(10-18(17)23-28-30-31-29-23)27-24(33)19-9-16(19)13-3-6-15(25)7-4-13/h3-8,10-12,16,19,32H,2,9H2,1H3,(H,27,33)(H,28,29,30,31)/t16-,19-/m1/s1. The highest BCUT2D eigenvalue weighted by Gasteiger charge is 2.44. The Balaban J connectivity index is 1.42. The quantitative estimate of drug-likeness (QED) is 0.337. The first-order valence-corrected chi connectivity index (χ1v) is 11.2. The summed E-state index contributed by atoms with van der Waals surface area (Å²) in [6, 6.07) is 14.3. The molecule has 2 atom stereocenters. The topological polar surface area (TPSA) is 126 Å². The summed E-state index contributed by atoms with van der Waals surface area (Å²) in [6.45, 7) is 2.39. The van der Waals surface area contributed by atoms with Gasteiger partial charge in [0.1, 0.15) is 5.75 Å². The van der Waals surface area contributed by atoms with Gasteiger partial charge in [0.2, 0.25) is 17.6 Å². The van der Waals surface area contributed by atoms with E-state index in [0.29, 0.717) is 34.5 Å². The number of H-pyrrole nitrogens is 1. The van der Waals surface area contributed by atoms with E-state index in [2.05, 4.69) is 30.9 Å². The van der Waals surface area contributed by atoms with E-state index in [1.54, 1.807) is 24.4 Å². The number of pyridine rings is 1. The maximum atomic E-state index is 12.9. The molecule has 1 saturated carbocycles. The van der Waals surface area contributed by atoms with Gasteiger partial charge < -0.3 is 15.2 Å². The molecule has 0 spiro atoms. The third-order valence-corrected chi connectivity index (χ3v) is 6.00. The predicted octanol–water partition coefficient (Wildman–Crippen LogP) is 4.43. The van der Waals surface area contributed by atoms with Gasteiger partial charge in [-0.3, -0.25) is 4.79 Å². The molecule has 172 valence electrons. The number of aromatic amines is 1. The Hall–Kier alpha value is -3.98. The highest BCUT2D eigenvalue weighted by molar-refractivity contribution is 6.30. The van der Waals surface area contributed by atoms with Crippen molar-refractivity contribution in [1.82, 2.24) is 25.6 Å². The number of phenols is 1. The molecule has 10 heteroatoms. The van der Waals surface area contributed by atoms with Gasteiger partial charge in [-0.15, -0.1) is 10.2 Å². The predicted molar refractivity (Wildman–Crippen MR) is 127 cm³/mol. The second-order valence-corrected chi connectivity index (χ2v) is 8.39. The second-order valence-electron chi connectivity index (χ2n) is 7.96. The summed E-state index contributed by atoms with van der Waals surface area (Å²) in [5.41, 5.74) is 3.28. The Morgan fingerprint density at radius 2 is 2.03 bits per heavy atom. The lowest BCUT2D eigenvalue weighted by Crippen LogP contribution is -2.15. The maximum absolute atomic E-state index is 12.9. The minimum atomic E-state index is -0.177. The summed E-state index contributed by atoms with van der Waals surface area (Å²) in [5, 5.41) is 28.5. The molecule has 2 heterocycles. The fraction of sp³-hybridized carbons (Fsp3) is 0.208. The highest BCUT2D eigenvalue weighted by atomic mass is 35.5. The Kier molecular flexibility index (Phi) is 5.85. The van der Waals surface area contributed by atoms with Crippen molar-refractivity contribution < 1.29 is 14.6 Å². The molecule has 1 aliphatic rings. The molecule has 4 aromatic rings. The van der Waals surface area contributed by atoms with Crippen LogP contribution in [-0.4, -0.2) is 43.2 Å². The van der Waals surface area contributed by atoms with Crippen LogP contribution in [-0.2, 0) is 4.79 Å². The van der Waals surface area contributed by atoms with Gasteiger partial charge in [0.15, 0.2) is 0 Å². The molecule has 0 saturated heterocycles. The van der Waals surface area contributed by atoms with E-state index >= 15 is 0 Å². The number of hydrogen-bond donors (Lipinski definition) is 3. The van der Waals surface area contributed by atoms with Crippen LogP contribution in [0.5, 0.6) is 11.6 Å². The van der Waals surface area contributed by atoms with Crippen molar-refractivity contribution in [2.45, 2.75) is 19.3 Å². The van der Waals surface area contributed by atoms with Crippen molar-refractivity contribution in [2.75, 3.05) is 11.9 Å². The second kappa shape index (κ2) is 9.11. The van der Waals surface area contributed by atoms with Crippen LogP contribution in [0.2, 0.25) is 5.02 Å². The summed E-state index contributed by atoms with van der Waals surface area (Å²) in [6.07, 6.45) is 2.38. The fourth-order valence-electron chi connectivity index (χ4n) is 3.95. The van der Waals surface area contributed by atoms with Crippen molar-refractivity contribution in [3.8, 4) is 34.1 Å². The highest BCUT2D eigenvalue weighted by Crippen LogP contribution is 2.48. The van der Waals surface area contributed by atoms with Gasteiger partial charge >= 0.3 is 0 Å². The van der Waals surface area contributed by atoms with Gasteiger partial charge in [-0.1, -0.05) is 23.7 Å². The van der Waals surface area contributed by atoms with E-state index in [4.69, 9.17) is 16.3 Å². The lowest BCUT2D eigenvalue weighted by Gasteiger charge is -2.13. The number of anilines is 1. The molecule has 9 nitrogen and oxygen atoms in total. The average molecular weight is 477 g/mol. The number of phenolic OH excluding ortho intramolecular Hbond substituents is 1. The zero-order valence-electron chi connectivity index (χ0n) is 18.2. The molecule has 0 radical (unpaired) electrons. The Labute approximate surface area is 200 Å². The van der Waals surface area contributed by atoms with E-state index in [0.717, 1.165) is 17.5 Å². The first kappa shape index (κ1) is 21.8. The van der Waals surface area contributed by atoms with Crippen LogP contribution >= 0.6 is 11.6 Å². The molecule has 1 fully saturated rings. The minimum Gasteiger partial charge on any atom is -0.506 e. The molecule has 1 amide bonds. The Morgan fingerprint density at radius 1 is 1.21 bits per heavy atom. The molecule has 5 rings (SSSR count). The van der Waals surface area contributed by atoms with Gasteiger partial charge in [-0.05, 0) is 65.9 Å². The zero-order chi connectivity index (χ0) is 23.7. The number of aromatic nitrogens is 5. The number of nitrogens with one attached hydrogen (secondary N) is 2. The number of amides is 1. The molecular formula is C24H21ClN6O3. The molecule has 3 N–H and O–H groups in total. The lowest BCUT2D eigenvalue weighted by atomic mass is 9.99. The van der Waals surface area contributed by atoms with E-state index in [9.17, 15) is 9.90 Å². The number of carbonyl (C=O) groups excluding carboxylic acids is 1. The summed E-state index contributed by atoms with van der Waals surface area (Å²) in [5.74, 6) is 0.539. The molecule has 2 aromatic carbocycles. The van der Waals surface area contributed by atoms with Crippen LogP contribution in [0, 0.1) is 5.92 Å². The van der Waals surface area contributed by atoms with Gasteiger partial charge in [-0.25, -0.2) is 4.98 Å². The smallest absolute Gasteiger partial charge is 0.228 e. The maximum Gasteiger partial charge on any atom is 0.228 e. The van der Waals surface area contributed by atoms with Gasteiger partial charge in [0.05, 0.1) is 12.3 Å². The van der Waals surface area contributed by atoms with Crippen molar-refractivity contribution in [2.24, 2.45) is 5.92 Å². The van der Waals surface area contributed by atoms with Crippen molar-refractivity contribution in [1.29, 1.82) is 0 Å². The summed E-state index contributed by atoms with van der Waals surface area (Å²) >= 11 is 5.96. The fourth-order valence-corrected chi connectivity index (χ4v) is 4.08. The summed E-state index contributed by atoms with van der Waals surface area (Å²) in [4.78, 5) is 17.2. The normalized spacial score (nSPS) is 16.8. The molecule has 34 heavy (non-hydrogen) atoms. The Bertz CT molecular complexity index is 1310. The number of ether oxygens (including phenoxy) is 1. The number of hydrogen-bond acceptors (Lipinski definition) is 7. The largest absolute Gasteiger partial charge is 0.506 e. The van der Waals surface area contributed by atoms with Crippen molar-refractivity contribution in [3.63, 3.8) is 0 Å². The SMILES string of the molecule is CCOc1ccc(-c2cc(O)c(NC(=O)[C@@H]3C[C@@H]3c3ccc(Cl)cc3)cc2-c2nn[nH]n2)cn1. The number of carbonyl (C=O) groups is 1. The van der Waals surface area contributed by atoms with Crippen LogP contribution in [0.3, 0.4) is 0 Å². The van der Waals surface area contributed by atoms with E-state index in [-0.39, 0.29) is 29.2 Å². The third kappa shape index (κ3) is 4.42. The molecule has 2 aromatic heterocycles. The van der Waals surface area contributed by atoms with Gasteiger partial charge in [0, 0.05) is 34.3 Å². The minimum absolute atomic E-state index is 0.0758. The third-order valence-electron chi connectivity index (χ3n) is 5.74. The van der Waals surface area contributed by atoms with Crippen LogP contribution in [0.1, 0.15) is 24.8 Å². The Morgan fingerprint density at radius 3 is 2.71 bits per heavy atom. The van der Waals surface area contributed by atoms with Crippen molar-refractivity contribution >= 4 is 23.2 Å². The summed E-state index contributed by atoms with van der Waals surface area (Å²) in [7, 11) is 0. The zero-order valence-corrected chi connectivity index (χ0v) is 19.0. The van der Waals surface area contributed by atoms with Crippen LogP contribution < -0.4 is 10.1 Å². The molecular weight excluding hydrogens is 456 g/mol. The molecule has 1 aliphatic carbocycles. The van der Waals surface area contributed by atoms with Crippen molar-refractivity contribution in [3.05, 3.63) is 65.3 Å². The first-order chi connectivity index (χ1) is 16.5. The number of aromatic hydroxyl groups is 1. The number of nitrogens with zero attached hydrogens (tertiary/aromatic N) is 4. The summed E-state index contributed by atoms with van der Waals surface area (Å²) < 4.78 is 5.41. The van der Waals surface area contributed by atoms with E-state index < -0.39 is 0 Å². The monoisotopic (exact) mass is 476 g/mol.